The van der Waals surface area contributed by atoms with Gasteiger partial charge in [0.05, 0.1) is 6.04 Å². The smallest absolute Gasteiger partial charge is 0.234 e. The van der Waals surface area contributed by atoms with Crippen LogP contribution in [0.15, 0.2) is 0 Å². The Morgan fingerprint density at radius 3 is 2.42 bits per heavy atom. The Morgan fingerprint density at radius 2 is 1.84 bits per heavy atom. The van der Waals surface area contributed by atoms with E-state index in [1.807, 2.05) is 11.8 Å². The molecular weight excluding hydrogens is 242 g/mol. The number of nitrogens with two attached hydrogens (primary N) is 1. The molecule has 5 heteroatoms. The minimum Gasteiger partial charge on any atom is -0.368 e. The first-order chi connectivity index (χ1) is 9.06. The lowest BCUT2D eigenvalue weighted by molar-refractivity contribution is -0.131. The van der Waals surface area contributed by atoms with Crippen molar-refractivity contribution in [1.29, 1.82) is 0 Å². The molecule has 0 spiro atoms. The second kappa shape index (κ2) is 5.90. The van der Waals surface area contributed by atoms with Gasteiger partial charge in [0.2, 0.25) is 11.8 Å². The first-order valence-electron chi connectivity index (χ1n) is 7.38. The molecule has 0 unspecified atom stereocenters. The summed E-state index contributed by atoms with van der Waals surface area (Å²) in [5.74, 6) is -0.0803. The van der Waals surface area contributed by atoms with Crippen molar-refractivity contribution >= 4 is 11.8 Å². The summed E-state index contributed by atoms with van der Waals surface area (Å²) in [4.78, 5) is 27.5. The van der Waals surface area contributed by atoms with Crippen LogP contribution in [-0.2, 0) is 9.59 Å². The summed E-state index contributed by atoms with van der Waals surface area (Å²) in [5, 5.41) is 0. The molecule has 0 aromatic heterocycles. The Balaban J connectivity index is 2.14. The molecule has 2 rings (SSSR count). The molecule has 2 N–H and O–H groups in total. The Morgan fingerprint density at radius 1 is 1.21 bits per heavy atom. The SMILES string of the molecule is CC[C@H](C(N)=O)N1CCC[C@H]1[C@H]1CCCN1C(C)=O. The highest BCUT2D eigenvalue weighted by Crippen LogP contribution is 2.31. The molecule has 2 saturated heterocycles. The molecule has 3 atom stereocenters. The minimum absolute atomic E-state index is 0.154. The van der Waals surface area contributed by atoms with E-state index in [9.17, 15) is 9.59 Å². The number of hydrogen-bond donors (Lipinski definition) is 1. The molecule has 0 aromatic rings. The monoisotopic (exact) mass is 267 g/mol. The van der Waals surface area contributed by atoms with Crippen LogP contribution in [0.25, 0.3) is 0 Å². The molecule has 0 bridgehead atoms. The third kappa shape index (κ3) is 2.76. The molecule has 2 aliphatic rings. The number of rotatable bonds is 4. The summed E-state index contributed by atoms with van der Waals surface area (Å²) in [6.45, 7) is 5.43. The van der Waals surface area contributed by atoms with Gasteiger partial charge >= 0.3 is 0 Å². The van der Waals surface area contributed by atoms with Crippen molar-refractivity contribution in [3.8, 4) is 0 Å². The van der Waals surface area contributed by atoms with Crippen LogP contribution >= 0.6 is 0 Å². The molecule has 19 heavy (non-hydrogen) atoms. The van der Waals surface area contributed by atoms with Gasteiger partial charge < -0.3 is 10.6 Å². The maximum Gasteiger partial charge on any atom is 0.234 e. The van der Waals surface area contributed by atoms with Gasteiger partial charge in [-0.3, -0.25) is 14.5 Å². The summed E-state index contributed by atoms with van der Waals surface area (Å²) in [6, 6.07) is 0.402. The first-order valence-corrected chi connectivity index (χ1v) is 7.38. The van der Waals surface area contributed by atoms with E-state index in [2.05, 4.69) is 4.90 Å². The van der Waals surface area contributed by atoms with Gasteiger partial charge in [-0.2, -0.15) is 0 Å². The van der Waals surface area contributed by atoms with E-state index in [0.29, 0.717) is 6.04 Å². The van der Waals surface area contributed by atoms with Crippen LogP contribution < -0.4 is 5.73 Å². The summed E-state index contributed by atoms with van der Waals surface area (Å²) in [7, 11) is 0. The lowest BCUT2D eigenvalue weighted by Gasteiger charge is -2.37. The van der Waals surface area contributed by atoms with Crippen molar-refractivity contribution in [2.45, 2.75) is 64.1 Å². The number of carbonyl (C=O) groups excluding carboxylic acids is 2. The Hall–Kier alpha value is -1.10. The lowest BCUT2D eigenvalue weighted by atomic mass is 10.0. The molecule has 0 aliphatic carbocycles. The highest BCUT2D eigenvalue weighted by molar-refractivity contribution is 5.80. The van der Waals surface area contributed by atoms with Gasteiger partial charge in [0.15, 0.2) is 0 Å². The quantitative estimate of drug-likeness (QED) is 0.816. The maximum atomic E-state index is 11.7. The molecule has 2 heterocycles. The maximum absolute atomic E-state index is 11.7. The van der Waals surface area contributed by atoms with Crippen molar-refractivity contribution in [3.63, 3.8) is 0 Å². The fourth-order valence-electron chi connectivity index (χ4n) is 3.80. The van der Waals surface area contributed by atoms with Crippen molar-refractivity contribution in [2.75, 3.05) is 13.1 Å². The third-order valence-electron chi connectivity index (χ3n) is 4.61. The zero-order valence-electron chi connectivity index (χ0n) is 12.0. The second-order valence-electron chi connectivity index (χ2n) is 5.70. The van der Waals surface area contributed by atoms with Crippen LogP contribution in [0.5, 0.6) is 0 Å². The Labute approximate surface area is 115 Å². The van der Waals surface area contributed by atoms with Crippen molar-refractivity contribution in [3.05, 3.63) is 0 Å². The van der Waals surface area contributed by atoms with Gasteiger partial charge in [0, 0.05) is 25.6 Å². The van der Waals surface area contributed by atoms with E-state index < -0.39 is 0 Å². The highest BCUT2D eigenvalue weighted by atomic mass is 16.2. The first kappa shape index (κ1) is 14.3. The van der Waals surface area contributed by atoms with Crippen molar-refractivity contribution < 1.29 is 9.59 Å². The molecule has 0 saturated carbocycles. The van der Waals surface area contributed by atoms with E-state index >= 15 is 0 Å². The number of nitrogens with zero attached hydrogens (tertiary/aromatic N) is 2. The molecule has 2 aliphatic heterocycles. The van der Waals surface area contributed by atoms with E-state index in [4.69, 9.17) is 5.73 Å². The predicted octanol–water partition coefficient (Wildman–Crippen LogP) is 0.726. The third-order valence-corrected chi connectivity index (χ3v) is 4.61. The van der Waals surface area contributed by atoms with E-state index in [-0.39, 0.29) is 23.9 Å². The zero-order valence-corrected chi connectivity index (χ0v) is 12.0. The van der Waals surface area contributed by atoms with Gasteiger partial charge in [-0.15, -0.1) is 0 Å². The van der Waals surface area contributed by atoms with Crippen LogP contribution in [0.4, 0.5) is 0 Å². The van der Waals surface area contributed by atoms with Gasteiger partial charge in [-0.1, -0.05) is 6.92 Å². The van der Waals surface area contributed by atoms with E-state index in [0.717, 1.165) is 45.2 Å². The molecule has 0 aromatic carbocycles. The van der Waals surface area contributed by atoms with Crippen LogP contribution in [0.2, 0.25) is 0 Å². The van der Waals surface area contributed by atoms with Crippen LogP contribution in [0.1, 0.15) is 46.0 Å². The summed E-state index contributed by atoms with van der Waals surface area (Å²) in [6.07, 6.45) is 5.03. The van der Waals surface area contributed by atoms with Crippen molar-refractivity contribution in [1.82, 2.24) is 9.80 Å². The Kier molecular flexibility index (Phi) is 4.45. The molecule has 2 fully saturated rings. The normalized spacial score (nSPS) is 29.7. The van der Waals surface area contributed by atoms with E-state index in [1.165, 1.54) is 0 Å². The van der Waals surface area contributed by atoms with E-state index in [1.54, 1.807) is 6.92 Å². The van der Waals surface area contributed by atoms with Gasteiger partial charge in [-0.25, -0.2) is 0 Å². The second-order valence-corrected chi connectivity index (χ2v) is 5.70. The minimum atomic E-state index is -0.234. The number of likely N-dealkylation sites (tertiary alicyclic amines) is 2. The standard InChI is InChI=1S/C14H25N3O2/c1-3-11(14(15)19)17-9-5-7-13(17)12-6-4-8-16(12)10(2)18/h11-13H,3-9H2,1-2H3,(H2,15,19)/t11-,12-,13+/m1/s1. The summed E-state index contributed by atoms with van der Waals surface area (Å²) < 4.78 is 0. The molecule has 108 valence electrons. The lowest BCUT2D eigenvalue weighted by Crippen LogP contribution is -2.54. The van der Waals surface area contributed by atoms with Crippen molar-refractivity contribution in [2.24, 2.45) is 5.73 Å². The molecular formula is C14H25N3O2. The molecule has 5 nitrogen and oxygen atoms in total. The molecule has 2 amide bonds. The number of amides is 2. The van der Waals surface area contributed by atoms with Crippen LogP contribution in [0.3, 0.4) is 0 Å². The Bertz CT molecular complexity index is 359. The van der Waals surface area contributed by atoms with Gasteiger partial charge in [0.1, 0.15) is 0 Å². The van der Waals surface area contributed by atoms with Gasteiger partial charge in [-0.05, 0) is 38.6 Å². The topological polar surface area (TPSA) is 66.6 Å². The summed E-state index contributed by atoms with van der Waals surface area (Å²) in [5.41, 5.74) is 5.52. The zero-order chi connectivity index (χ0) is 14.0. The average molecular weight is 267 g/mol. The predicted molar refractivity (Wildman–Crippen MR) is 73.4 cm³/mol. The fraction of sp³-hybridized carbons (Fsp3) is 0.857. The van der Waals surface area contributed by atoms with Crippen LogP contribution in [-0.4, -0.2) is 52.8 Å². The largest absolute Gasteiger partial charge is 0.368 e. The average Bonchev–Trinajstić information content (AvgIpc) is 2.95. The number of primary amides is 1. The highest BCUT2D eigenvalue weighted by Gasteiger charge is 2.41. The molecule has 0 radical (unpaired) electrons. The number of carbonyl (C=O) groups is 2. The fourth-order valence-corrected chi connectivity index (χ4v) is 3.80. The van der Waals surface area contributed by atoms with Gasteiger partial charge in [0.25, 0.3) is 0 Å². The number of hydrogen-bond acceptors (Lipinski definition) is 3. The van der Waals surface area contributed by atoms with Crippen LogP contribution in [0, 0.1) is 0 Å². The summed E-state index contributed by atoms with van der Waals surface area (Å²) >= 11 is 0.